The highest BCUT2D eigenvalue weighted by Gasteiger charge is 2.22. The molecule has 1 heterocycles. The third-order valence-electron chi connectivity index (χ3n) is 5.10. The summed E-state index contributed by atoms with van der Waals surface area (Å²) in [6.07, 6.45) is 1.01. The average Bonchev–Trinajstić information content (AvgIpc) is 2.65. The Bertz CT molecular complexity index is 731. The van der Waals surface area contributed by atoms with Crippen LogP contribution in [0, 0.1) is 13.8 Å². The molecule has 1 aliphatic heterocycles. The Morgan fingerprint density at radius 3 is 2.32 bits per heavy atom. The molecule has 0 saturated carbocycles. The monoisotopic (exact) mass is 337 g/mol. The molecule has 4 heteroatoms. The van der Waals surface area contributed by atoms with E-state index in [1.807, 2.05) is 17.0 Å². The van der Waals surface area contributed by atoms with E-state index >= 15 is 0 Å². The molecule has 0 aromatic heterocycles. The van der Waals surface area contributed by atoms with E-state index in [2.05, 4.69) is 61.3 Å². The van der Waals surface area contributed by atoms with Gasteiger partial charge >= 0.3 is 6.03 Å². The van der Waals surface area contributed by atoms with Crippen molar-refractivity contribution in [3.05, 3.63) is 59.2 Å². The van der Waals surface area contributed by atoms with Gasteiger partial charge in [0.2, 0.25) is 0 Å². The van der Waals surface area contributed by atoms with Crippen LogP contribution in [0.2, 0.25) is 0 Å². The van der Waals surface area contributed by atoms with E-state index in [4.69, 9.17) is 0 Å². The van der Waals surface area contributed by atoms with Crippen molar-refractivity contribution in [2.75, 3.05) is 36.4 Å². The highest BCUT2D eigenvalue weighted by molar-refractivity contribution is 5.89. The number of rotatable bonds is 3. The number of hydrogen-bond donors (Lipinski definition) is 1. The number of benzene rings is 2. The topological polar surface area (TPSA) is 35.6 Å². The zero-order chi connectivity index (χ0) is 17.8. The summed E-state index contributed by atoms with van der Waals surface area (Å²) in [6.45, 7) is 9.66. The van der Waals surface area contributed by atoms with Crippen molar-refractivity contribution < 1.29 is 4.79 Å². The van der Waals surface area contributed by atoms with Crippen molar-refractivity contribution >= 4 is 17.4 Å². The first-order valence-electron chi connectivity index (χ1n) is 9.04. The van der Waals surface area contributed by atoms with E-state index in [0.29, 0.717) is 0 Å². The van der Waals surface area contributed by atoms with Gasteiger partial charge in [0.15, 0.2) is 0 Å². The number of anilines is 2. The van der Waals surface area contributed by atoms with Crippen molar-refractivity contribution in [2.45, 2.75) is 27.2 Å². The fraction of sp³-hybridized carbons (Fsp3) is 0.381. The molecule has 0 unspecified atom stereocenters. The normalized spacial score (nSPS) is 14.5. The number of amides is 2. The summed E-state index contributed by atoms with van der Waals surface area (Å²) < 4.78 is 0. The van der Waals surface area contributed by atoms with Crippen LogP contribution in [0.4, 0.5) is 16.2 Å². The van der Waals surface area contributed by atoms with Crippen LogP contribution in [0.5, 0.6) is 0 Å². The van der Waals surface area contributed by atoms with Gasteiger partial charge in [0.05, 0.1) is 0 Å². The second-order valence-electron chi connectivity index (χ2n) is 6.67. The Kier molecular flexibility index (Phi) is 5.27. The Hall–Kier alpha value is -2.49. The van der Waals surface area contributed by atoms with Crippen LogP contribution in [0.25, 0.3) is 0 Å². The number of hydrogen-bond acceptors (Lipinski definition) is 2. The lowest BCUT2D eigenvalue weighted by molar-refractivity contribution is 0.208. The molecule has 0 spiro atoms. The lowest BCUT2D eigenvalue weighted by Gasteiger charge is -2.37. The maximum absolute atomic E-state index is 12.5. The minimum Gasteiger partial charge on any atom is -0.368 e. The molecule has 0 bridgehead atoms. The molecule has 25 heavy (non-hydrogen) atoms. The van der Waals surface area contributed by atoms with Crippen LogP contribution in [0.3, 0.4) is 0 Å². The lowest BCUT2D eigenvalue weighted by atomic mass is 10.1. The Labute approximate surface area is 150 Å². The Balaban J connectivity index is 1.57. The van der Waals surface area contributed by atoms with Gasteiger partial charge < -0.3 is 15.1 Å². The summed E-state index contributed by atoms with van der Waals surface area (Å²) in [5.41, 5.74) is 6.07. The summed E-state index contributed by atoms with van der Waals surface area (Å²) in [7, 11) is 0. The minimum atomic E-state index is -0.00939. The maximum Gasteiger partial charge on any atom is 0.321 e. The quantitative estimate of drug-likeness (QED) is 0.910. The number of carbonyl (C=O) groups excluding carboxylic acids is 1. The van der Waals surface area contributed by atoms with Gasteiger partial charge in [-0.1, -0.05) is 31.2 Å². The first-order valence-corrected chi connectivity index (χ1v) is 9.04. The highest BCUT2D eigenvalue weighted by atomic mass is 16.2. The molecule has 0 atom stereocenters. The van der Waals surface area contributed by atoms with Gasteiger partial charge in [-0.3, -0.25) is 0 Å². The van der Waals surface area contributed by atoms with Crippen LogP contribution >= 0.6 is 0 Å². The van der Waals surface area contributed by atoms with Crippen molar-refractivity contribution in [2.24, 2.45) is 0 Å². The zero-order valence-electron chi connectivity index (χ0n) is 15.4. The van der Waals surface area contributed by atoms with E-state index in [0.717, 1.165) is 38.3 Å². The van der Waals surface area contributed by atoms with Gasteiger partial charge in [-0.05, 0) is 55.2 Å². The second kappa shape index (κ2) is 7.60. The third-order valence-corrected chi connectivity index (χ3v) is 5.10. The van der Waals surface area contributed by atoms with Gasteiger partial charge in [0.25, 0.3) is 0 Å². The first-order chi connectivity index (χ1) is 12.1. The summed E-state index contributed by atoms with van der Waals surface area (Å²) in [5, 5.41) is 3.01. The molecule has 1 aliphatic rings. The molecule has 3 rings (SSSR count). The zero-order valence-corrected chi connectivity index (χ0v) is 15.4. The minimum absolute atomic E-state index is 0.00939. The van der Waals surface area contributed by atoms with Crippen molar-refractivity contribution in [1.82, 2.24) is 4.90 Å². The lowest BCUT2D eigenvalue weighted by Crippen LogP contribution is -2.50. The van der Waals surface area contributed by atoms with Crippen LogP contribution in [-0.2, 0) is 6.42 Å². The van der Waals surface area contributed by atoms with Gasteiger partial charge in [0, 0.05) is 37.6 Å². The Morgan fingerprint density at radius 2 is 1.68 bits per heavy atom. The average molecular weight is 337 g/mol. The molecule has 1 N–H and O–H groups in total. The van der Waals surface area contributed by atoms with Gasteiger partial charge in [-0.15, -0.1) is 0 Å². The molecular weight excluding hydrogens is 310 g/mol. The smallest absolute Gasteiger partial charge is 0.321 e. The summed E-state index contributed by atoms with van der Waals surface area (Å²) in [6, 6.07) is 14.5. The molecule has 2 aromatic rings. The van der Waals surface area contributed by atoms with Crippen LogP contribution < -0.4 is 10.2 Å². The van der Waals surface area contributed by atoms with Gasteiger partial charge in [0.1, 0.15) is 0 Å². The van der Waals surface area contributed by atoms with E-state index in [9.17, 15) is 4.79 Å². The SMILES string of the molecule is CCc1ccc(NC(=O)N2CCN(c3cccc(C)c3C)CC2)cc1. The van der Waals surface area contributed by atoms with Gasteiger partial charge in [-0.25, -0.2) is 4.79 Å². The fourth-order valence-corrected chi connectivity index (χ4v) is 3.25. The molecule has 2 aromatic carbocycles. The molecule has 0 aliphatic carbocycles. The predicted octanol–water partition coefficient (Wildman–Crippen LogP) is 4.22. The number of urea groups is 1. The van der Waals surface area contributed by atoms with Crippen LogP contribution in [0.1, 0.15) is 23.6 Å². The van der Waals surface area contributed by atoms with E-state index in [1.54, 1.807) is 0 Å². The second-order valence-corrected chi connectivity index (χ2v) is 6.67. The molecule has 1 fully saturated rings. The first kappa shape index (κ1) is 17.3. The number of nitrogens with zero attached hydrogens (tertiary/aromatic N) is 2. The molecule has 132 valence electrons. The van der Waals surface area contributed by atoms with Crippen molar-refractivity contribution in [3.63, 3.8) is 0 Å². The maximum atomic E-state index is 12.5. The largest absolute Gasteiger partial charge is 0.368 e. The van der Waals surface area contributed by atoms with Crippen molar-refractivity contribution in [1.29, 1.82) is 0 Å². The standard InChI is InChI=1S/C21H27N3O/c1-4-18-8-10-19(11-9-18)22-21(25)24-14-12-23(13-15-24)20-7-5-6-16(2)17(20)3/h5-11H,4,12-15H2,1-3H3,(H,22,25). The van der Waals surface area contributed by atoms with Crippen LogP contribution in [-0.4, -0.2) is 37.1 Å². The molecule has 0 radical (unpaired) electrons. The molecular formula is C21H27N3O. The molecule has 2 amide bonds. The number of aryl methyl sites for hydroxylation is 2. The number of piperazine rings is 1. The van der Waals surface area contributed by atoms with E-state index in [-0.39, 0.29) is 6.03 Å². The van der Waals surface area contributed by atoms with E-state index < -0.39 is 0 Å². The highest BCUT2D eigenvalue weighted by Crippen LogP contribution is 2.24. The Morgan fingerprint density at radius 1 is 1.00 bits per heavy atom. The predicted molar refractivity (Wildman–Crippen MR) is 105 cm³/mol. The molecule has 4 nitrogen and oxygen atoms in total. The number of carbonyl (C=O) groups is 1. The summed E-state index contributed by atoms with van der Waals surface area (Å²) >= 11 is 0. The third kappa shape index (κ3) is 3.95. The van der Waals surface area contributed by atoms with E-state index in [1.165, 1.54) is 22.4 Å². The number of nitrogens with one attached hydrogen (secondary N) is 1. The molecule has 1 saturated heterocycles. The summed E-state index contributed by atoms with van der Waals surface area (Å²) in [4.78, 5) is 16.8. The fourth-order valence-electron chi connectivity index (χ4n) is 3.25. The van der Waals surface area contributed by atoms with Crippen LogP contribution in [0.15, 0.2) is 42.5 Å². The summed E-state index contributed by atoms with van der Waals surface area (Å²) in [5.74, 6) is 0. The van der Waals surface area contributed by atoms with Crippen molar-refractivity contribution in [3.8, 4) is 0 Å². The van der Waals surface area contributed by atoms with Gasteiger partial charge in [-0.2, -0.15) is 0 Å².